The molecule has 5 nitrogen and oxygen atoms in total. The number of halogens is 3. The number of ether oxygens (including phenoxy) is 1. The Balaban J connectivity index is 0.000000479. The topological polar surface area (TPSA) is 84.6 Å². The number of nitrogens with one attached hydrogen (secondary N) is 1. The maximum absolute atomic E-state index is 14.0. The molecule has 4 N–H and O–H groups in total. The SMILES string of the molecule is CC(C)(C)OC(N)=O.OC(CNCc1cccc(Cl)c1)CC(F)(F)c1ccccc1. The lowest BCUT2D eigenvalue weighted by molar-refractivity contribution is -0.0493. The molecule has 0 bridgehead atoms. The summed E-state index contributed by atoms with van der Waals surface area (Å²) in [4.78, 5) is 10.0. The van der Waals surface area contributed by atoms with Gasteiger partial charge in [-0.15, -0.1) is 0 Å². The highest BCUT2D eigenvalue weighted by Gasteiger charge is 2.33. The number of aliphatic hydroxyl groups is 1. The normalized spacial score (nSPS) is 12.5. The second-order valence-corrected chi connectivity index (χ2v) is 8.16. The molecule has 0 spiro atoms. The van der Waals surface area contributed by atoms with Gasteiger partial charge in [0.2, 0.25) is 0 Å². The zero-order chi connectivity index (χ0) is 22.8. The summed E-state index contributed by atoms with van der Waals surface area (Å²) in [5.74, 6) is -3.04. The second-order valence-electron chi connectivity index (χ2n) is 7.72. The Bertz CT molecular complexity index is 783. The highest BCUT2D eigenvalue weighted by Crippen LogP contribution is 2.32. The van der Waals surface area contributed by atoms with E-state index in [4.69, 9.17) is 17.3 Å². The Morgan fingerprint density at radius 3 is 2.30 bits per heavy atom. The van der Waals surface area contributed by atoms with Crippen molar-refractivity contribution in [1.82, 2.24) is 5.32 Å². The first-order valence-electron chi connectivity index (χ1n) is 9.44. The van der Waals surface area contributed by atoms with Gasteiger partial charge in [0.05, 0.1) is 6.10 Å². The molecule has 0 aromatic heterocycles. The molecule has 0 aliphatic heterocycles. The Labute approximate surface area is 181 Å². The third-order valence-corrected chi connectivity index (χ3v) is 3.93. The Morgan fingerprint density at radius 1 is 1.17 bits per heavy atom. The van der Waals surface area contributed by atoms with Gasteiger partial charge in [0, 0.05) is 30.1 Å². The van der Waals surface area contributed by atoms with Crippen molar-refractivity contribution in [3.05, 3.63) is 70.7 Å². The van der Waals surface area contributed by atoms with Crippen LogP contribution >= 0.6 is 11.6 Å². The van der Waals surface area contributed by atoms with Crippen molar-refractivity contribution < 1.29 is 23.4 Å². The van der Waals surface area contributed by atoms with Gasteiger partial charge >= 0.3 is 6.09 Å². The average Bonchev–Trinajstić information content (AvgIpc) is 2.60. The average molecular weight is 443 g/mol. The van der Waals surface area contributed by atoms with Gasteiger partial charge in [-0.25, -0.2) is 13.6 Å². The van der Waals surface area contributed by atoms with Gasteiger partial charge in [0.15, 0.2) is 0 Å². The minimum Gasteiger partial charge on any atom is -0.444 e. The molecular weight excluding hydrogens is 414 g/mol. The van der Waals surface area contributed by atoms with Crippen molar-refractivity contribution in [2.75, 3.05) is 6.54 Å². The van der Waals surface area contributed by atoms with Gasteiger partial charge in [-0.3, -0.25) is 0 Å². The number of nitrogens with two attached hydrogens (primary N) is 1. The van der Waals surface area contributed by atoms with Gasteiger partial charge < -0.3 is 20.9 Å². The number of benzene rings is 2. The zero-order valence-electron chi connectivity index (χ0n) is 17.4. The first-order chi connectivity index (χ1) is 13.9. The monoisotopic (exact) mass is 442 g/mol. The number of alkyl halides is 2. The van der Waals surface area contributed by atoms with Crippen LogP contribution in [0.1, 0.15) is 38.3 Å². The Morgan fingerprint density at radius 2 is 1.80 bits per heavy atom. The van der Waals surface area contributed by atoms with E-state index < -0.39 is 30.1 Å². The zero-order valence-corrected chi connectivity index (χ0v) is 18.1. The summed E-state index contributed by atoms with van der Waals surface area (Å²) >= 11 is 5.86. The summed E-state index contributed by atoms with van der Waals surface area (Å²) in [5.41, 5.74) is 5.12. The Hall–Kier alpha value is -2.22. The van der Waals surface area contributed by atoms with Crippen LogP contribution in [0.15, 0.2) is 54.6 Å². The van der Waals surface area contributed by atoms with E-state index in [2.05, 4.69) is 10.1 Å². The highest BCUT2D eigenvalue weighted by molar-refractivity contribution is 6.30. The molecule has 2 aromatic carbocycles. The van der Waals surface area contributed by atoms with Crippen molar-refractivity contribution >= 4 is 17.7 Å². The predicted octanol–water partition coefficient (Wildman–Crippen LogP) is 4.85. The molecule has 1 amide bonds. The lowest BCUT2D eigenvalue weighted by Crippen LogP contribution is -2.31. The summed E-state index contributed by atoms with van der Waals surface area (Å²) in [7, 11) is 0. The fourth-order valence-electron chi connectivity index (χ4n) is 2.50. The minimum atomic E-state index is -3.04. The molecule has 1 unspecified atom stereocenters. The molecule has 0 heterocycles. The summed E-state index contributed by atoms with van der Waals surface area (Å²) in [6.07, 6.45) is -2.47. The smallest absolute Gasteiger partial charge is 0.405 e. The number of rotatable bonds is 7. The quantitative estimate of drug-likeness (QED) is 0.572. The van der Waals surface area contributed by atoms with Gasteiger partial charge in [0.1, 0.15) is 5.60 Å². The highest BCUT2D eigenvalue weighted by atomic mass is 35.5. The van der Waals surface area contributed by atoms with Gasteiger partial charge in [-0.1, -0.05) is 54.1 Å². The van der Waals surface area contributed by atoms with Crippen molar-refractivity contribution in [3.8, 4) is 0 Å². The largest absolute Gasteiger partial charge is 0.444 e. The number of hydrogen-bond donors (Lipinski definition) is 3. The van der Waals surface area contributed by atoms with Gasteiger partial charge in [-0.05, 0) is 38.5 Å². The molecule has 0 saturated heterocycles. The summed E-state index contributed by atoms with van der Waals surface area (Å²) in [5, 5.41) is 13.4. The molecule has 0 saturated carbocycles. The van der Waals surface area contributed by atoms with Gasteiger partial charge in [0.25, 0.3) is 5.92 Å². The molecule has 1 atom stereocenters. The second kappa shape index (κ2) is 11.8. The van der Waals surface area contributed by atoms with Crippen molar-refractivity contribution in [2.45, 2.75) is 51.4 Å². The van der Waals surface area contributed by atoms with Crippen LogP contribution in [-0.2, 0) is 17.2 Å². The number of hydrogen-bond acceptors (Lipinski definition) is 4. The number of carbonyl (C=O) groups excluding carboxylic acids is 1. The first-order valence-corrected chi connectivity index (χ1v) is 9.82. The predicted molar refractivity (Wildman–Crippen MR) is 115 cm³/mol. The molecule has 8 heteroatoms. The van der Waals surface area contributed by atoms with Crippen LogP contribution in [0.25, 0.3) is 0 Å². The summed E-state index contributed by atoms with van der Waals surface area (Å²) < 4.78 is 32.6. The molecule has 2 aromatic rings. The molecule has 0 aliphatic rings. The Kier molecular flexibility index (Phi) is 10.2. The van der Waals surface area contributed by atoms with E-state index in [1.54, 1.807) is 51.1 Å². The van der Waals surface area contributed by atoms with Crippen LogP contribution in [0.3, 0.4) is 0 Å². The number of aliphatic hydroxyl groups excluding tert-OH is 1. The lowest BCUT2D eigenvalue weighted by atomic mass is 10.0. The van der Waals surface area contributed by atoms with Crippen molar-refractivity contribution in [1.29, 1.82) is 0 Å². The standard InChI is InChI=1S/C17H18ClF2NO.C5H11NO2/c18-15-8-4-5-13(9-15)11-21-12-16(22)10-17(19,20)14-6-2-1-3-7-14;1-5(2,3)8-4(6)7/h1-9,16,21-22H,10-12H2;1-3H3,(H2,6,7). The molecule has 0 aliphatic carbocycles. The third-order valence-electron chi connectivity index (χ3n) is 3.69. The summed E-state index contributed by atoms with van der Waals surface area (Å²) in [6, 6.07) is 14.8. The first kappa shape index (κ1) is 25.8. The van der Waals surface area contributed by atoms with Crippen LogP contribution in [0.2, 0.25) is 5.02 Å². The van der Waals surface area contributed by atoms with Crippen LogP contribution in [0.5, 0.6) is 0 Å². The molecule has 2 rings (SSSR count). The van der Waals surface area contributed by atoms with E-state index in [-0.39, 0.29) is 12.1 Å². The van der Waals surface area contributed by atoms with E-state index in [9.17, 15) is 18.7 Å². The number of primary amides is 1. The summed E-state index contributed by atoms with van der Waals surface area (Å²) in [6.45, 7) is 5.84. The van der Waals surface area contributed by atoms with Crippen molar-refractivity contribution in [2.24, 2.45) is 5.73 Å². The molecule has 30 heavy (non-hydrogen) atoms. The minimum absolute atomic E-state index is 0.0797. The van der Waals surface area contributed by atoms with Crippen LogP contribution in [0.4, 0.5) is 13.6 Å². The van der Waals surface area contributed by atoms with Crippen LogP contribution in [-0.4, -0.2) is 29.4 Å². The third kappa shape index (κ3) is 11.1. The van der Waals surface area contributed by atoms with Crippen molar-refractivity contribution in [3.63, 3.8) is 0 Å². The van der Waals surface area contributed by atoms with E-state index in [1.807, 2.05) is 12.1 Å². The van der Waals surface area contributed by atoms with E-state index in [0.717, 1.165) is 5.56 Å². The lowest BCUT2D eigenvalue weighted by Gasteiger charge is -2.20. The maximum Gasteiger partial charge on any atom is 0.405 e. The molecule has 0 fully saturated rings. The van der Waals surface area contributed by atoms with Gasteiger partial charge in [-0.2, -0.15) is 0 Å². The maximum atomic E-state index is 14.0. The van der Waals surface area contributed by atoms with E-state index in [1.165, 1.54) is 12.1 Å². The fourth-order valence-corrected chi connectivity index (χ4v) is 2.71. The molecular formula is C22H29ClF2N2O3. The number of amides is 1. The molecule has 0 radical (unpaired) electrons. The molecule has 166 valence electrons. The van der Waals surface area contributed by atoms with Crippen LogP contribution in [0, 0.1) is 0 Å². The number of carbonyl (C=O) groups is 1. The van der Waals surface area contributed by atoms with Crippen LogP contribution < -0.4 is 11.1 Å². The van der Waals surface area contributed by atoms with E-state index >= 15 is 0 Å². The fraction of sp³-hybridized carbons (Fsp3) is 0.409. The van der Waals surface area contributed by atoms with E-state index in [0.29, 0.717) is 11.6 Å².